The summed E-state index contributed by atoms with van der Waals surface area (Å²) in [5, 5.41) is 4.09. The van der Waals surface area contributed by atoms with Crippen molar-refractivity contribution in [2.45, 2.75) is 39.2 Å². The summed E-state index contributed by atoms with van der Waals surface area (Å²) in [7, 11) is 0. The molecular weight excluding hydrogens is 264 g/mol. The van der Waals surface area contributed by atoms with Crippen LogP contribution in [0.2, 0.25) is 0 Å². The molecule has 0 spiro atoms. The second-order valence-corrected chi connectivity index (χ2v) is 5.71. The van der Waals surface area contributed by atoms with Crippen LogP contribution in [0, 0.1) is 13.8 Å². The Kier molecular flexibility index (Phi) is 3.78. The van der Waals surface area contributed by atoms with Crippen molar-refractivity contribution < 1.29 is 9.32 Å². The van der Waals surface area contributed by atoms with Crippen molar-refractivity contribution in [3.05, 3.63) is 52.9 Å². The minimum atomic E-state index is 0.0685. The highest BCUT2D eigenvalue weighted by molar-refractivity contribution is 5.79. The molecule has 2 heterocycles. The normalized spacial score (nSPS) is 18.2. The van der Waals surface area contributed by atoms with Crippen LogP contribution in [-0.4, -0.2) is 22.5 Å². The van der Waals surface area contributed by atoms with Crippen LogP contribution >= 0.6 is 0 Å². The number of hydrogen-bond acceptors (Lipinski definition) is 3. The van der Waals surface area contributed by atoms with Gasteiger partial charge in [0.25, 0.3) is 0 Å². The highest BCUT2D eigenvalue weighted by Gasteiger charge is 2.31. The molecule has 1 fully saturated rings. The van der Waals surface area contributed by atoms with Gasteiger partial charge in [-0.05, 0) is 37.8 Å². The summed E-state index contributed by atoms with van der Waals surface area (Å²) in [5.74, 6) is 0.968. The molecule has 0 unspecified atom stereocenters. The third-order valence-electron chi connectivity index (χ3n) is 4.16. The SMILES string of the molecule is Cc1cc([C@H]2CCCN2C(=O)Cc2ccccc2C)no1. The van der Waals surface area contributed by atoms with E-state index in [1.807, 2.05) is 49.1 Å². The van der Waals surface area contributed by atoms with Gasteiger partial charge in [0.15, 0.2) is 0 Å². The molecule has 1 saturated heterocycles. The molecule has 3 rings (SSSR count). The molecule has 1 aliphatic heterocycles. The molecule has 2 aromatic rings. The number of benzene rings is 1. The summed E-state index contributed by atoms with van der Waals surface area (Å²) < 4.78 is 5.15. The average molecular weight is 284 g/mol. The van der Waals surface area contributed by atoms with Gasteiger partial charge in [0.2, 0.25) is 5.91 Å². The maximum Gasteiger partial charge on any atom is 0.227 e. The fourth-order valence-corrected chi connectivity index (χ4v) is 2.99. The first-order valence-electron chi connectivity index (χ1n) is 7.42. The van der Waals surface area contributed by atoms with Gasteiger partial charge in [0.05, 0.1) is 12.5 Å². The van der Waals surface area contributed by atoms with Gasteiger partial charge >= 0.3 is 0 Å². The summed E-state index contributed by atoms with van der Waals surface area (Å²) in [4.78, 5) is 14.6. The summed E-state index contributed by atoms with van der Waals surface area (Å²) in [6, 6.07) is 10.1. The highest BCUT2D eigenvalue weighted by atomic mass is 16.5. The average Bonchev–Trinajstić information content (AvgIpc) is 3.09. The monoisotopic (exact) mass is 284 g/mol. The minimum Gasteiger partial charge on any atom is -0.361 e. The van der Waals surface area contributed by atoms with Gasteiger partial charge in [-0.1, -0.05) is 29.4 Å². The number of carbonyl (C=O) groups excluding carboxylic acids is 1. The Morgan fingerprint density at radius 1 is 1.38 bits per heavy atom. The predicted octanol–water partition coefficient (Wildman–Crippen LogP) is 3.20. The molecule has 0 N–H and O–H groups in total. The molecule has 1 atom stereocenters. The molecule has 1 aromatic heterocycles. The zero-order valence-corrected chi connectivity index (χ0v) is 12.5. The fraction of sp³-hybridized carbons (Fsp3) is 0.412. The van der Waals surface area contributed by atoms with E-state index in [1.165, 1.54) is 5.56 Å². The first kappa shape index (κ1) is 13.9. The minimum absolute atomic E-state index is 0.0685. The largest absolute Gasteiger partial charge is 0.361 e. The van der Waals surface area contributed by atoms with E-state index in [0.717, 1.165) is 36.4 Å². The third-order valence-corrected chi connectivity index (χ3v) is 4.16. The maximum atomic E-state index is 12.6. The van der Waals surface area contributed by atoms with Crippen molar-refractivity contribution in [1.82, 2.24) is 10.1 Å². The topological polar surface area (TPSA) is 46.3 Å². The highest BCUT2D eigenvalue weighted by Crippen LogP contribution is 2.32. The summed E-state index contributed by atoms with van der Waals surface area (Å²) in [6.45, 7) is 4.73. The Morgan fingerprint density at radius 3 is 2.90 bits per heavy atom. The molecule has 4 nitrogen and oxygen atoms in total. The maximum absolute atomic E-state index is 12.6. The van der Waals surface area contributed by atoms with E-state index in [4.69, 9.17) is 4.52 Å². The second-order valence-electron chi connectivity index (χ2n) is 5.71. The van der Waals surface area contributed by atoms with E-state index in [0.29, 0.717) is 6.42 Å². The molecule has 4 heteroatoms. The van der Waals surface area contributed by atoms with Crippen LogP contribution in [0.15, 0.2) is 34.9 Å². The van der Waals surface area contributed by atoms with E-state index in [9.17, 15) is 4.79 Å². The number of aromatic nitrogens is 1. The Hall–Kier alpha value is -2.10. The van der Waals surface area contributed by atoms with Crippen molar-refractivity contribution in [2.24, 2.45) is 0 Å². The smallest absolute Gasteiger partial charge is 0.227 e. The Balaban J connectivity index is 1.76. The van der Waals surface area contributed by atoms with Gasteiger partial charge in [0, 0.05) is 12.6 Å². The van der Waals surface area contributed by atoms with E-state index in [2.05, 4.69) is 5.16 Å². The van der Waals surface area contributed by atoms with Crippen LogP contribution in [0.1, 0.15) is 41.5 Å². The van der Waals surface area contributed by atoms with Gasteiger partial charge in [-0.3, -0.25) is 4.79 Å². The van der Waals surface area contributed by atoms with E-state index >= 15 is 0 Å². The molecule has 1 amide bonds. The van der Waals surface area contributed by atoms with Crippen molar-refractivity contribution in [1.29, 1.82) is 0 Å². The van der Waals surface area contributed by atoms with Crippen molar-refractivity contribution in [3.8, 4) is 0 Å². The molecule has 1 aromatic carbocycles. The first-order chi connectivity index (χ1) is 10.1. The van der Waals surface area contributed by atoms with Crippen molar-refractivity contribution in [2.75, 3.05) is 6.54 Å². The van der Waals surface area contributed by atoms with Crippen LogP contribution in [0.5, 0.6) is 0 Å². The zero-order valence-electron chi connectivity index (χ0n) is 12.5. The zero-order chi connectivity index (χ0) is 14.8. The van der Waals surface area contributed by atoms with Crippen molar-refractivity contribution in [3.63, 3.8) is 0 Å². The molecule has 0 bridgehead atoms. The number of likely N-dealkylation sites (tertiary alicyclic amines) is 1. The number of aryl methyl sites for hydroxylation is 2. The number of amides is 1. The molecular formula is C17H20N2O2. The molecule has 1 aliphatic rings. The number of nitrogens with zero attached hydrogens (tertiary/aromatic N) is 2. The summed E-state index contributed by atoms with van der Waals surface area (Å²) in [6.07, 6.45) is 2.45. The fourth-order valence-electron chi connectivity index (χ4n) is 2.99. The van der Waals surface area contributed by atoms with Gasteiger partial charge in [-0.25, -0.2) is 0 Å². The van der Waals surface area contributed by atoms with Crippen molar-refractivity contribution >= 4 is 5.91 Å². The van der Waals surface area contributed by atoms with Gasteiger partial charge in [0.1, 0.15) is 11.5 Å². The number of hydrogen-bond donors (Lipinski definition) is 0. The standard InChI is InChI=1S/C17H20N2O2/c1-12-6-3-4-7-14(12)11-17(20)19-9-5-8-16(19)15-10-13(2)21-18-15/h3-4,6-7,10,16H,5,8-9,11H2,1-2H3/t16-/m1/s1. The van der Waals surface area contributed by atoms with Crippen LogP contribution < -0.4 is 0 Å². The first-order valence-corrected chi connectivity index (χ1v) is 7.42. The summed E-state index contributed by atoms with van der Waals surface area (Å²) >= 11 is 0. The van der Waals surface area contributed by atoms with Gasteiger partial charge in [-0.15, -0.1) is 0 Å². The van der Waals surface area contributed by atoms with E-state index in [1.54, 1.807) is 0 Å². The molecule has 0 radical (unpaired) electrons. The molecule has 0 aliphatic carbocycles. The van der Waals surface area contributed by atoms with Gasteiger partial charge < -0.3 is 9.42 Å². The lowest BCUT2D eigenvalue weighted by Gasteiger charge is -2.23. The van der Waals surface area contributed by atoms with E-state index in [-0.39, 0.29) is 11.9 Å². The second kappa shape index (κ2) is 5.72. The van der Waals surface area contributed by atoms with Gasteiger partial charge in [-0.2, -0.15) is 0 Å². The Labute approximate surface area is 124 Å². The lowest BCUT2D eigenvalue weighted by atomic mass is 10.0. The number of rotatable bonds is 3. The van der Waals surface area contributed by atoms with Crippen LogP contribution in [0.3, 0.4) is 0 Å². The number of carbonyl (C=O) groups is 1. The Bertz CT molecular complexity index is 648. The lowest BCUT2D eigenvalue weighted by molar-refractivity contribution is -0.131. The quantitative estimate of drug-likeness (QED) is 0.869. The summed E-state index contributed by atoms with van der Waals surface area (Å²) in [5.41, 5.74) is 3.14. The molecule has 0 saturated carbocycles. The van der Waals surface area contributed by atoms with E-state index < -0.39 is 0 Å². The third kappa shape index (κ3) is 2.84. The Morgan fingerprint density at radius 2 is 2.19 bits per heavy atom. The molecule has 110 valence electrons. The van der Waals surface area contributed by atoms with Crippen LogP contribution in [-0.2, 0) is 11.2 Å². The molecule has 21 heavy (non-hydrogen) atoms. The van der Waals surface area contributed by atoms with Crippen LogP contribution in [0.4, 0.5) is 0 Å². The predicted molar refractivity (Wildman–Crippen MR) is 79.8 cm³/mol. The lowest BCUT2D eigenvalue weighted by Crippen LogP contribution is -2.32. The van der Waals surface area contributed by atoms with Crippen LogP contribution in [0.25, 0.3) is 0 Å².